The van der Waals surface area contributed by atoms with E-state index < -0.39 is 0 Å². The SMILES string of the molecule is Cc1ccc2nc(CCl)n(-c3ccccc3N(C)C)c2c1. The third-order valence-electron chi connectivity index (χ3n) is 3.60. The summed E-state index contributed by atoms with van der Waals surface area (Å²) < 4.78 is 2.16. The van der Waals surface area contributed by atoms with E-state index in [-0.39, 0.29) is 0 Å². The molecule has 1 heterocycles. The highest BCUT2D eigenvalue weighted by Gasteiger charge is 2.15. The van der Waals surface area contributed by atoms with Gasteiger partial charge in [0.15, 0.2) is 0 Å². The largest absolute Gasteiger partial charge is 0.376 e. The molecule has 0 aliphatic carbocycles. The van der Waals surface area contributed by atoms with Crippen LogP contribution in [0.2, 0.25) is 0 Å². The van der Waals surface area contributed by atoms with E-state index >= 15 is 0 Å². The standard InChI is InChI=1S/C17H18ClN3/c1-12-8-9-13-16(10-12)21(17(11-18)19-13)15-7-5-4-6-14(15)20(2)3/h4-10H,11H2,1-3H3. The van der Waals surface area contributed by atoms with Gasteiger partial charge in [0.05, 0.1) is 28.3 Å². The van der Waals surface area contributed by atoms with Gasteiger partial charge in [-0.15, -0.1) is 11.6 Å². The highest BCUT2D eigenvalue weighted by Crippen LogP contribution is 2.29. The van der Waals surface area contributed by atoms with Crippen molar-refractivity contribution >= 4 is 28.3 Å². The van der Waals surface area contributed by atoms with Gasteiger partial charge >= 0.3 is 0 Å². The molecule has 21 heavy (non-hydrogen) atoms. The van der Waals surface area contributed by atoms with Crippen molar-refractivity contribution in [3.8, 4) is 5.69 Å². The lowest BCUT2D eigenvalue weighted by Gasteiger charge is -2.19. The van der Waals surface area contributed by atoms with Gasteiger partial charge in [-0.05, 0) is 36.8 Å². The van der Waals surface area contributed by atoms with Crippen LogP contribution < -0.4 is 4.90 Å². The van der Waals surface area contributed by atoms with Crippen molar-refractivity contribution in [3.05, 3.63) is 53.9 Å². The van der Waals surface area contributed by atoms with E-state index in [0.717, 1.165) is 28.2 Å². The van der Waals surface area contributed by atoms with Crippen LogP contribution in [0.5, 0.6) is 0 Å². The first-order chi connectivity index (χ1) is 10.1. The number of para-hydroxylation sites is 2. The Kier molecular flexibility index (Phi) is 3.60. The van der Waals surface area contributed by atoms with Gasteiger partial charge in [0.2, 0.25) is 0 Å². The number of fused-ring (bicyclic) bond motifs is 1. The molecule has 4 heteroatoms. The Labute approximate surface area is 129 Å². The fourth-order valence-electron chi connectivity index (χ4n) is 2.63. The van der Waals surface area contributed by atoms with Gasteiger partial charge in [-0.2, -0.15) is 0 Å². The molecule has 0 radical (unpaired) electrons. The predicted octanol–water partition coefficient (Wildman–Crippen LogP) is 4.14. The Morgan fingerprint density at radius 2 is 1.90 bits per heavy atom. The molecule has 0 aliphatic rings. The van der Waals surface area contributed by atoms with Crippen molar-refractivity contribution < 1.29 is 0 Å². The minimum Gasteiger partial charge on any atom is -0.376 e. The number of alkyl halides is 1. The number of hydrogen-bond donors (Lipinski definition) is 0. The van der Waals surface area contributed by atoms with Crippen LogP contribution >= 0.6 is 11.6 Å². The first-order valence-electron chi connectivity index (χ1n) is 6.92. The normalized spacial score (nSPS) is 11.0. The van der Waals surface area contributed by atoms with Crippen LogP contribution in [0.1, 0.15) is 11.4 Å². The maximum atomic E-state index is 6.13. The topological polar surface area (TPSA) is 21.1 Å². The Morgan fingerprint density at radius 3 is 2.62 bits per heavy atom. The maximum absolute atomic E-state index is 6.13. The molecule has 0 saturated carbocycles. The molecule has 0 unspecified atom stereocenters. The van der Waals surface area contributed by atoms with Crippen LogP contribution in [-0.4, -0.2) is 23.6 Å². The van der Waals surface area contributed by atoms with E-state index in [1.807, 2.05) is 26.2 Å². The first-order valence-corrected chi connectivity index (χ1v) is 7.46. The lowest BCUT2D eigenvalue weighted by atomic mass is 10.2. The van der Waals surface area contributed by atoms with Gasteiger partial charge in [-0.25, -0.2) is 4.98 Å². The number of aromatic nitrogens is 2. The molecule has 3 nitrogen and oxygen atoms in total. The van der Waals surface area contributed by atoms with Crippen molar-refractivity contribution in [3.63, 3.8) is 0 Å². The minimum atomic E-state index is 0.384. The minimum absolute atomic E-state index is 0.384. The molecule has 0 bridgehead atoms. The molecule has 2 aromatic carbocycles. The Balaban J connectivity index is 2.36. The van der Waals surface area contributed by atoms with Crippen molar-refractivity contribution in [1.29, 1.82) is 0 Å². The summed E-state index contributed by atoms with van der Waals surface area (Å²) >= 11 is 6.13. The van der Waals surface area contributed by atoms with Gasteiger partial charge in [-0.3, -0.25) is 4.57 Å². The number of hydrogen-bond acceptors (Lipinski definition) is 2. The Bertz CT molecular complexity index is 790. The van der Waals surface area contributed by atoms with Crippen molar-refractivity contribution in [1.82, 2.24) is 9.55 Å². The molecule has 108 valence electrons. The van der Waals surface area contributed by atoms with E-state index in [2.05, 4.69) is 51.7 Å². The number of nitrogens with zero attached hydrogens (tertiary/aromatic N) is 3. The summed E-state index contributed by atoms with van der Waals surface area (Å²) in [5.41, 5.74) is 5.53. The molecule has 3 rings (SSSR count). The van der Waals surface area contributed by atoms with Crippen LogP contribution in [0.15, 0.2) is 42.5 Å². The van der Waals surface area contributed by atoms with Crippen molar-refractivity contribution in [2.24, 2.45) is 0 Å². The van der Waals surface area contributed by atoms with Crippen LogP contribution in [0, 0.1) is 6.92 Å². The molecule has 0 fully saturated rings. The summed E-state index contributed by atoms with van der Waals surface area (Å²) in [5, 5.41) is 0. The third kappa shape index (κ3) is 2.38. The predicted molar refractivity (Wildman–Crippen MR) is 89.7 cm³/mol. The second kappa shape index (κ2) is 5.41. The Morgan fingerprint density at radius 1 is 1.14 bits per heavy atom. The molecule has 0 saturated heterocycles. The zero-order chi connectivity index (χ0) is 15.0. The molecule has 3 aromatic rings. The average Bonchev–Trinajstić information content (AvgIpc) is 2.84. The summed E-state index contributed by atoms with van der Waals surface area (Å²) in [6, 6.07) is 14.6. The van der Waals surface area contributed by atoms with Gasteiger partial charge in [0, 0.05) is 14.1 Å². The number of aryl methyl sites for hydroxylation is 1. The zero-order valence-electron chi connectivity index (χ0n) is 12.5. The highest BCUT2D eigenvalue weighted by molar-refractivity contribution is 6.17. The number of benzene rings is 2. The molecule has 0 atom stereocenters. The summed E-state index contributed by atoms with van der Waals surface area (Å²) in [4.78, 5) is 6.77. The Hall–Kier alpha value is -2.00. The summed E-state index contributed by atoms with van der Waals surface area (Å²) in [7, 11) is 4.09. The van der Waals surface area contributed by atoms with Crippen molar-refractivity contribution in [2.75, 3.05) is 19.0 Å². The lowest BCUT2D eigenvalue weighted by molar-refractivity contribution is 0.968. The highest BCUT2D eigenvalue weighted by atomic mass is 35.5. The number of rotatable bonds is 3. The number of imidazole rings is 1. The lowest BCUT2D eigenvalue weighted by Crippen LogP contribution is -2.13. The smallest absolute Gasteiger partial charge is 0.129 e. The molecule has 0 amide bonds. The first kappa shape index (κ1) is 14.0. The zero-order valence-corrected chi connectivity index (χ0v) is 13.2. The molecule has 1 aromatic heterocycles. The van der Waals surface area contributed by atoms with Crippen molar-refractivity contribution in [2.45, 2.75) is 12.8 Å². The van der Waals surface area contributed by atoms with E-state index in [4.69, 9.17) is 11.6 Å². The fraction of sp³-hybridized carbons (Fsp3) is 0.235. The molecule has 0 spiro atoms. The number of anilines is 1. The second-order valence-corrected chi connectivity index (χ2v) is 5.64. The summed E-state index contributed by atoms with van der Waals surface area (Å²) in [6.45, 7) is 2.09. The second-order valence-electron chi connectivity index (χ2n) is 5.37. The van der Waals surface area contributed by atoms with E-state index in [9.17, 15) is 0 Å². The summed E-state index contributed by atoms with van der Waals surface area (Å²) in [5.74, 6) is 1.25. The average molecular weight is 300 g/mol. The van der Waals surface area contributed by atoms with E-state index in [1.54, 1.807) is 0 Å². The van der Waals surface area contributed by atoms with E-state index in [0.29, 0.717) is 5.88 Å². The molecular formula is C17H18ClN3. The van der Waals surface area contributed by atoms with Gasteiger partial charge in [0.25, 0.3) is 0 Å². The van der Waals surface area contributed by atoms with Gasteiger partial charge < -0.3 is 4.90 Å². The quantitative estimate of drug-likeness (QED) is 0.678. The molecule has 0 aliphatic heterocycles. The van der Waals surface area contributed by atoms with Crippen LogP contribution in [0.4, 0.5) is 5.69 Å². The van der Waals surface area contributed by atoms with Gasteiger partial charge in [0.1, 0.15) is 5.82 Å². The van der Waals surface area contributed by atoms with Gasteiger partial charge in [-0.1, -0.05) is 18.2 Å². The maximum Gasteiger partial charge on any atom is 0.129 e. The van der Waals surface area contributed by atoms with Crippen LogP contribution in [-0.2, 0) is 5.88 Å². The monoisotopic (exact) mass is 299 g/mol. The number of halogens is 1. The molecule has 0 N–H and O–H groups in total. The van der Waals surface area contributed by atoms with Crippen LogP contribution in [0.25, 0.3) is 16.7 Å². The van der Waals surface area contributed by atoms with Crippen LogP contribution in [0.3, 0.4) is 0 Å². The van der Waals surface area contributed by atoms with E-state index in [1.165, 1.54) is 5.56 Å². The summed E-state index contributed by atoms with van der Waals surface area (Å²) in [6.07, 6.45) is 0. The molecular weight excluding hydrogens is 282 g/mol. The fourth-order valence-corrected chi connectivity index (χ4v) is 2.80. The third-order valence-corrected chi connectivity index (χ3v) is 3.84.